The number of imide groups is 1. The molecule has 1 saturated heterocycles. The molecule has 0 aliphatic carbocycles. The third kappa shape index (κ3) is 1.54. The second-order valence-corrected chi connectivity index (χ2v) is 2.22. The van der Waals surface area contributed by atoms with Crippen LogP contribution >= 0.6 is 0 Å². The number of hydrogen-bond donors (Lipinski definition) is 3. The van der Waals surface area contributed by atoms with E-state index in [2.05, 4.69) is 11.9 Å². The van der Waals surface area contributed by atoms with Crippen LogP contribution in [-0.2, 0) is 0 Å². The highest BCUT2D eigenvalue weighted by molar-refractivity contribution is 5.95. The predicted octanol–water partition coefficient (Wildman–Crippen LogP) is -0.817. The fourth-order valence-electron chi connectivity index (χ4n) is 0.833. The number of aliphatic hydroxyl groups excluding tert-OH is 1. The van der Waals surface area contributed by atoms with Crippen molar-refractivity contribution >= 4 is 12.1 Å². The van der Waals surface area contributed by atoms with E-state index in [-0.39, 0.29) is 6.54 Å². The fourth-order valence-corrected chi connectivity index (χ4v) is 0.833. The first-order valence-corrected chi connectivity index (χ1v) is 3.32. The topological polar surface area (TPSA) is 81.7 Å². The molecule has 0 aromatic carbocycles. The molecule has 0 aromatic rings. The summed E-state index contributed by atoms with van der Waals surface area (Å²) in [5.74, 6) is 0. The lowest BCUT2D eigenvalue weighted by molar-refractivity contribution is 0.0111. The van der Waals surface area contributed by atoms with Crippen molar-refractivity contribution in [1.82, 2.24) is 15.5 Å². The lowest BCUT2D eigenvalue weighted by Gasteiger charge is -2.31. The zero-order valence-corrected chi connectivity index (χ0v) is 6.28. The molecule has 1 unspecified atom stereocenters. The Bertz CT molecular complexity index is 228. The Balaban J connectivity index is 2.66. The predicted molar refractivity (Wildman–Crippen MR) is 40.0 cm³/mol. The third-order valence-electron chi connectivity index (χ3n) is 1.36. The van der Waals surface area contributed by atoms with E-state index in [0.717, 1.165) is 4.90 Å². The SMILES string of the molecule is C=CCN1C(=O)NC(=O)NC1O. The number of amides is 4. The van der Waals surface area contributed by atoms with E-state index in [0.29, 0.717) is 0 Å². The molecule has 0 bridgehead atoms. The minimum Gasteiger partial charge on any atom is -0.356 e. The minimum absolute atomic E-state index is 0.174. The van der Waals surface area contributed by atoms with E-state index >= 15 is 0 Å². The van der Waals surface area contributed by atoms with Crippen LogP contribution in [-0.4, -0.2) is 35.0 Å². The Labute approximate surface area is 68.8 Å². The molecule has 1 heterocycles. The average molecular weight is 171 g/mol. The number of carbonyl (C=O) groups excluding carboxylic acids is 2. The summed E-state index contributed by atoms with van der Waals surface area (Å²) in [7, 11) is 0. The molecule has 1 rings (SSSR count). The Morgan fingerprint density at radius 1 is 1.67 bits per heavy atom. The van der Waals surface area contributed by atoms with Crippen LogP contribution in [0.4, 0.5) is 9.59 Å². The van der Waals surface area contributed by atoms with Crippen molar-refractivity contribution in [2.45, 2.75) is 6.35 Å². The molecule has 1 fully saturated rings. The molecular formula is C6H9N3O3. The molecule has 3 N–H and O–H groups in total. The highest BCUT2D eigenvalue weighted by Gasteiger charge is 2.28. The summed E-state index contributed by atoms with van der Waals surface area (Å²) in [6, 6.07) is -1.33. The van der Waals surface area contributed by atoms with Gasteiger partial charge in [0.25, 0.3) is 0 Å². The van der Waals surface area contributed by atoms with Crippen LogP contribution in [0.3, 0.4) is 0 Å². The number of nitrogens with zero attached hydrogens (tertiary/aromatic N) is 1. The number of aliphatic hydroxyl groups is 1. The summed E-state index contributed by atoms with van der Waals surface area (Å²) >= 11 is 0. The molecule has 0 saturated carbocycles. The first kappa shape index (κ1) is 8.54. The van der Waals surface area contributed by atoms with Crippen molar-refractivity contribution in [3.8, 4) is 0 Å². The zero-order valence-electron chi connectivity index (χ0n) is 6.28. The van der Waals surface area contributed by atoms with Crippen LogP contribution in [0.5, 0.6) is 0 Å². The van der Waals surface area contributed by atoms with Gasteiger partial charge in [0, 0.05) is 6.54 Å². The molecule has 1 aliphatic heterocycles. The van der Waals surface area contributed by atoms with Crippen LogP contribution in [0.15, 0.2) is 12.7 Å². The Kier molecular flexibility index (Phi) is 2.29. The maximum atomic E-state index is 11.0. The Hall–Kier alpha value is -1.56. The van der Waals surface area contributed by atoms with Crippen molar-refractivity contribution in [1.29, 1.82) is 0 Å². The largest absolute Gasteiger partial charge is 0.356 e. The van der Waals surface area contributed by atoms with Gasteiger partial charge in [-0.2, -0.15) is 0 Å². The van der Waals surface area contributed by atoms with E-state index < -0.39 is 18.4 Å². The lowest BCUT2D eigenvalue weighted by atomic mass is 10.5. The number of hydrogen-bond acceptors (Lipinski definition) is 3. The number of rotatable bonds is 2. The van der Waals surface area contributed by atoms with Crippen molar-refractivity contribution < 1.29 is 14.7 Å². The van der Waals surface area contributed by atoms with Gasteiger partial charge in [-0.3, -0.25) is 15.5 Å². The maximum absolute atomic E-state index is 11.0. The maximum Gasteiger partial charge on any atom is 0.329 e. The van der Waals surface area contributed by atoms with Crippen LogP contribution < -0.4 is 10.6 Å². The molecule has 0 spiro atoms. The van der Waals surface area contributed by atoms with Crippen molar-refractivity contribution in [2.24, 2.45) is 0 Å². The molecule has 0 aromatic heterocycles. The molecule has 4 amide bonds. The van der Waals surface area contributed by atoms with Gasteiger partial charge in [-0.15, -0.1) is 6.58 Å². The van der Waals surface area contributed by atoms with Crippen LogP contribution in [0.1, 0.15) is 0 Å². The summed E-state index contributed by atoms with van der Waals surface area (Å²) in [5, 5.41) is 13.2. The number of carbonyl (C=O) groups is 2. The molecule has 6 heteroatoms. The second-order valence-electron chi connectivity index (χ2n) is 2.22. The minimum atomic E-state index is -1.27. The quantitative estimate of drug-likeness (QED) is 0.475. The van der Waals surface area contributed by atoms with Crippen molar-refractivity contribution in [3.05, 3.63) is 12.7 Å². The van der Waals surface area contributed by atoms with Crippen LogP contribution in [0, 0.1) is 0 Å². The lowest BCUT2D eigenvalue weighted by Crippen LogP contribution is -2.63. The van der Waals surface area contributed by atoms with E-state index in [4.69, 9.17) is 5.11 Å². The fraction of sp³-hybridized carbons (Fsp3) is 0.333. The van der Waals surface area contributed by atoms with Gasteiger partial charge in [-0.05, 0) is 0 Å². The average Bonchev–Trinajstić information content (AvgIpc) is 1.96. The van der Waals surface area contributed by atoms with Crippen molar-refractivity contribution in [3.63, 3.8) is 0 Å². The summed E-state index contributed by atoms with van der Waals surface area (Å²) in [4.78, 5) is 22.6. The molecule has 6 nitrogen and oxygen atoms in total. The first-order valence-electron chi connectivity index (χ1n) is 3.32. The van der Waals surface area contributed by atoms with Crippen LogP contribution in [0.25, 0.3) is 0 Å². The normalized spacial score (nSPS) is 23.1. The van der Waals surface area contributed by atoms with Gasteiger partial charge in [0.1, 0.15) is 0 Å². The van der Waals surface area contributed by atoms with Crippen molar-refractivity contribution in [2.75, 3.05) is 6.54 Å². The molecule has 66 valence electrons. The summed E-state index contributed by atoms with van der Waals surface area (Å²) in [6.45, 7) is 3.57. The van der Waals surface area contributed by atoms with Gasteiger partial charge in [0.2, 0.25) is 6.35 Å². The standard InChI is InChI=1S/C6H9N3O3/c1-2-3-9-5(11)7-4(10)8-6(9)12/h2,5,11H,1,3H2,(H2,7,8,10,12). The van der Waals surface area contributed by atoms with Gasteiger partial charge < -0.3 is 5.11 Å². The Morgan fingerprint density at radius 3 is 2.83 bits per heavy atom. The summed E-state index contributed by atoms with van der Waals surface area (Å²) in [6.07, 6.45) is 0.171. The van der Waals surface area contributed by atoms with Gasteiger partial charge in [-0.1, -0.05) is 6.08 Å². The molecule has 1 aliphatic rings. The van der Waals surface area contributed by atoms with Gasteiger partial charge >= 0.3 is 12.1 Å². The Morgan fingerprint density at radius 2 is 2.33 bits per heavy atom. The highest BCUT2D eigenvalue weighted by atomic mass is 16.3. The monoisotopic (exact) mass is 171 g/mol. The van der Waals surface area contributed by atoms with Gasteiger partial charge in [-0.25, -0.2) is 9.59 Å². The van der Waals surface area contributed by atoms with E-state index in [1.807, 2.05) is 5.32 Å². The second kappa shape index (κ2) is 3.22. The van der Waals surface area contributed by atoms with Gasteiger partial charge in [0.05, 0.1) is 0 Å². The smallest absolute Gasteiger partial charge is 0.329 e. The van der Waals surface area contributed by atoms with Crippen LogP contribution in [0.2, 0.25) is 0 Å². The highest BCUT2D eigenvalue weighted by Crippen LogP contribution is 1.98. The summed E-state index contributed by atoms with van der Waals surface area (Å²) < 4.78 is 0. The van der Waals surface area contributed by atoms with E-state index in [9.17, 15) is 9.59 Å². The summed E-state index contributed by atoms with van der Waals surface area (Å²) in [5.41, 5.74) is 0. The molecular weight excluding hydrogens is 162 g/mol. The zero-order chi connectivity index (χ0) is 9.14. The van der Waals surface area contributed by atoms with Gasteiger partial charge in [0.15, 0.2) is 0 Å². The molecule has 0 radical (unpaired) electrons. The van der Waals surface area contributed by atoms with E-state index in [1.54, 1.807) is 0 Å². The molecule has 1 atom stereocenters. The third-order valence-corrected chi connectivity index (χ3v) is 1.36. The molecule has 12 heavy (non-hydrogen) atoms. The number of urea groups is 2. The number of nitrogens with one attached hydrogen (secondary N) is 2. The first-order chi connectivity index (χ1) is 5.65. The van der Waals surface area contributed by atoms with E-state index in [1.165, 1.54) is 6.08 Å².